The molecule has 0 heterocycles. The number of methoxy groups -OCH3 is 1. The summed E-state index contributed by atoms with van der Waals surface area (Å²) in [6.07, 6.45) is 9.16. The molecule has 1 atom stereocenters. The number of rotatable bonds is 14. The highest BCUT2D eigenvalue weighted by atomic mass is 16.5. The molecule has 0 bridgehead atoms. The maximum absolute atomic E-state index is 5.82. The van der Waals surface area contributed by atoms with Crippen molar-refractivity contribution in [3.63, 3.8) is 0 Å². The third-order valence-corrected chi connectivity index (χ3v) is 4.33. The average Bonchev–Trinajstić information content (AvgIpc) is 2.62. The molecule has 1 unspecified atom stereocenters. The highest BCUT2D eigenvalue weighted by Crippen LogP contribution is 2.23. The van der Waals surface area contributed by atoms with Crippen molar-refractivity contribution in [2.24, 2.45) is 11.8 Å². The summed E-state index contributed by atoms with van der Waals surface area (Å²) in [4.78, 5) is 0. The fraction of sp³-hybridized carbons (Fsp3) is 0.500. The lowest BCUT2D eigenvalue weighted by Gasteiger charge is -2.15. The molecule has 0 aromatic carbocycles. The van der Waals surface area contributed by atoms with Crippen molar-refractivity contribution >= 4 is 0 Å². The third-order valence-electron chi connectivity index (χ3n) is 4.33. The normalized spacial score (nSPS) is 13.1. The van der Waals surface area contributed by atoms with Gasteiger partial charge in [-0.1, -0.05) is 83.7 Å². The number of allylic oxidation sites excluding steroid dienone is 6. The van der Waals surface area contributed by atoms with E-state index < -0.39 is 0 Å². The quantitative estimate of drug-likeness (QED) is 0.193. The van der Waals surface area contributed by atoms with Crippen LogP contribution in [0.15, 0.2) is 72.6 Å². The molecule has 0 saturated carbocycles. The molecule has 0 fully saturated rings. The molecule has 146 valence electrons. The van der Waals surface area contributed by atoms with Gasteiger partial charge in [-0.15, -0.1) is 0 Å². The molecule has 0 radical (unpaired) electrons. The monoisotopic (exact) mass is 358 g/mol. The summed E-state index contributed by atoms with van der Waals surface area (Å²) in [5, 5.41) is 0. The second kappa shape index (κ2) is 13.4. The number of hydrogen-bond donors (Lipinski definition) is 0. The van der Waals surface area contributed by atoms with Crippen molar-refractivity contribution in [1.29, 1.82) is 0 Å². The molecule has 0 N–H and O–H groups in total. The van der Waals surface area contributed by atoms with Crippen LogP contribution in [0.5, 0.6) is 0 Å². The summed E-state index contributed by atoms with van der Waals surface area (Å²) in [7, 11) is 1.65. The average molecular weight is 359 g/mol. The van der Waals surface area contributed by atoms with Gasteiger partial charge in [0.05, 0.1) is 6.61 Å². The first-order chi connectivity index (χ1) is 12.2. The molecule has 0 saturated heterocycles. The minimum Gasteiger partial charge on any atom is -0.491 e. The molecule has 0 aliphatic carbocycles. The third kappa shape index (κ3) is 10.2. The molecule has 0 aliphatic rings. The summed E-state index contributed by atoms with van der Waals surface area (Å²) in [6.45, 7) is 26.3. The van der Waals surface area contributed by atoms with Gasteiger partial charge in [0, 0.05) is 12.7 Å². The van der Waals surface area contributed by atoms with Gasteiger partial charge in [0.1, 0.15) is 12.4 Å². The van der Waals surface area contributed by atoms with Crippen LogP contribution in [0, 0.1) is 11.8 Å². The Morgan fingerprint density at radius 2 is 1.62 bits per heavy atom. The predicted octanol–water partition coefficient (Wildman–Crippen LogP) is 6.80. The van der Waals surface area contributed by atoms with Crippen molar-refractivity contribution in [1.82, 2.24) is 0 Å². The number of hydrogen-bond acceptors (Lipinski definition) is 2. The van der Waals surface area contributed by atoms with Crippen LogP contribution in [-0.4, -0.2) is 20.3 Å². The van der Waals surface area contributed by atoms with Gasteiger partial charge < -0.3 is 9.47 Å². The van der Waals surface area contributed by atoms with E-state index in [2.05, 4.69) is 54.0 Å². The standard InChI is InChI=1S/C24H38O2/c1-10-19(4)17-24(26-16-15-25-9)23(8)22(7)14-13-21(6)20(5)12-11-18(2)3/h13-14,17-18,20H,4,6-8,10-12,15-16H2,1-3,5,9H3/b14-13-,24-17+. The minimum atomic E-state index is 0.461. The van der Waals surface area contributed by atoms with E-state index in [1.807, 2.05) is 18.2 Å². The summed E-state index contributed by atoms with van der Waals surface area (Å²) < 4.78 is 10.9. The van der Waals surface area contributed by atoms with Crippen molar-refractivity contribution in [3.05, 3.63) is 72.6 Å². The zero-order valence-corrected chi connectivity index (χ0v) is 17.6. The highest BCUT2D eigenvalue weighted by molar-refractivity contribution is 5.49. The van der Waals surface area contributed by atoms with E-state index in [1.54, 1.807) is 7.11 Å². The molecule has 0 amide bonds. The van der Waals surface area contributed by atoms with E-state index >= 15 is 0 Å². The van der Waals surface area contributed by atoms with Crippen LogP contribution in [0.25, 0.3) is 0 Å². The molecule has 26 heavy (non-hydrogen) atoms. The molecule has 0 rings (SSSR count). The van der Waals surface area contributed by atoms with Crippen LogP contribution in [-0.2, 0) is 9.47 Å². The highest BCUT2D eigenvalue weighted by Gasteiger charge is 2.09. The van der Waals surface area contributed by atoms with Crippen LogP contribution >= 0.6 is 0 Å². The van der Waals surface area contributed by atoms with Crippen LogP contribution in [0.1, 0.15) is 47.0 Å². The van der Waals surface area contributed by atoms with E-state index in [9.17, 15) is 0 Å². The van der Waals surface area contributed by atoms with E-state index in [0.29, 0.717) is 30.8 Å². The Hall–Kier alpha value is -1.80. The summed E-state index contributed by atoms with van der Waals surface area (Å²) in [6, 6.07) is 0. The first-order valence-corrected chi connectivity index (χ1v) is 9.49. The van der Waals surface area contributed by atoms with E-state index in [4.69, 9.17) is 9.47 Å². The van der Waals surface area contributed by atoms with Crippen LogP contribution < -0.4 is 0 Å². The Balaban J connectivity index is 4.95. The Morgan fingerprint density at radius 1 is 0.962 bits per heavy atom. The van der Waals surface area contributed by atoms with Crippen LogP contribution in [0.3, 0.4) is 0 Å². The van der Waals surface area contributed by atoms with Gasteiger partial charge in [0.15, 0.2) is 0 Å². The van der Waals surface area contributed by atoms with E-state index in [0.717, 1.165) is 35.1 Å². The van der Waals surface area contributed by atoms with Crippen LogP contribution in [0.2, 0.25) is 0 Å². The topological polar surface area (TPSA) is 18.5 Å². The lowest BCUT2D eigenvalue weighted by molar-refractivity contribution is 0.113. The zero-order chi connectivity index (χ0) is 20.1. The Bertz CT molecular complexity index is 547. The molecular formula is C24H38O2. The van der Waals surface area contributed by atoms with Gasteiger partial charge in [0.25, 0.3) is 0 Å². The van der Waals surface area contributed by atoms with Crippen molar-refractivity contribution in [2.45, 2.75) is 47.0 Å². The Morgan fingerprint density at radius 3 is 2.15 bits per heavy atom. The van der Waals surface area contributed by atoms with Crippen molar-refractivity contribution in [2.75, 3.05) is 20.3 Å². The van der Waals surface area contributed by atoms with Crippen molar-refractivity contribution < 1.29 is 9.47 Å². The Kier molecular flexibility index (Phi) is 12.5. The van der Waals surface area contributed by atoms with E-state index in [1.165, 1.54) is 6.42 Å². The lowest BCUT2D eigenvalue weighted by Crippen LogP contribution is -2.04. The minimum absolute atomic E-state index is 0.461. The lowest BCUT2D eigenvalue weighted by atomic mass is 9.93. The predicted molar refractivity (Wildman–Crippen MR) is 115 cm³/mol. The fourth-order valence-electron chi connectivity index (χ4n) is 2.14. The first kappa shape index (κ1) is 24.2. The van der Waals surface area contributed by atoms with Crippen molar-refractivity contribution in [3.8, 4) is 0 Å². The molecule has 2 nitrogen and oxygen atoms in total. The van der Waals surface area contributed by atoms with Crippen LogP contribution in [0.4, 0.5) is 0 Å². The molecule has 0 aromatic rings. The van der Waals surface area contributed by atoms with Gasteiger partial charge in [-0.25, -0.2) is 0 Å². The van der Waals surface area contributed by atoms with Gasteiger partial charge in [-0.3, -0.25) is 0 Å². The Labute approximate surface area is 161 Å². The number of ether oxygens (including phenoxy) is 2. The summed E-state index contributed by atoms with van der Waals surface area (Å²) in [5.41, 5.74) is 3.68. The summed E-state index contributed by atoms with van der Waals surface area (Å²) >= 11 is 0. The van der Waals surface area contributed by atoms with E-state index in [-0.39, 0.29) is 0 Å². The van der Waals surface area contributed by atoms with Gasteiger partial charge >= 0.3 is 0 Å². The fourth-order valence-corrected chi connectivity index (χ4v) is 2.14. The molecule has 0 aromatic heterocycles. The molecule has 0 aliphatic heterocycles. The maximum atomic E-state index is 5.82. The summed E-state index contributed by atoms with van der Waals surface area (Å²) in [5.74, 6) is 1.87. The maximum Gasteiger partial charge on any atom is 0.126 e. The van der Waals surface area contributed by atoms with Gasteiger partial charge in [-0.05, 0) is 36.3 Å². The second-order valence-corrected chi connectivity index (χ2v) is 7.15. The van der Waals surface area contributed by atoms with Gasteiger partial charge in [-0.2, -0.15) is 0 Å². The molecule has 0 spiro atoms. The smallest absolute Gasteiger partial charge is 0.126 e. The SMILES string of the molecule is C=C(/C=C(/OCCOC)C(=C)C(=C)/C=C\C(=C)C(C)CCC(C)C)CC. The first-order valence-electron chi connectivity index (χ1n) is 9.49. The largest absolute Gasteiger partial charge is 0.491 e. The molecule has 2 heteroatoms. The second-order valence-electron chi connectivity index (χ2n) is 7.15. The van der Waals surface area contributed by atoms with Gasteiger partial charge in [0.2, 0.25) is 0 Å². The zero-order valence-electron chi connectivity index (χ0n) is 17.6. The molecular weight excluding hydrogens is 320 g/mol.